The molecule has 0 aliphatic heterocycles. The molecule has 0 fully saturated rings. The summed E-state index contributed by atoms with van der Waals surface area (Å²) < 4.78 is 0. The molecule has 2 amide bonds. The van der Waals surface area contributed by atoms with Crippen LogP contribution >= 0.6 is 0 Å². The van der Waals surface area contributed by atoms with Crippen molar-refractivity contribution in [3.63, 3.8) is 0 Å². The highest BCUT2D eigenvalue weighted by atomic mass is 16.5. The second kappa shape index (κ2) is 7.19. The molecule has 0 unspecified atom stereocenters. The summed E-state index contributed by atoms with van der Waals surface area (Å²) in [5.41, 5.74) is 4.45. The van der Waals surface area contributed by atoms with Crippen molar-refractivity contribution in [3.05, 3.63) is 71.3 Å². The number of hydroxylamine groups is 1. The zero-order valence-electron chi connectivity index (χ0n) is 12.0. The van der Waals surface area contributed by atoms with Crippen molar-refractivity contribution in [3.8, 4) is 0 Å². The van der Waals surface area contributed by atoms with E-state index in [1.165, 1.54) is 17.6 Å². The third-order valence-electron chi connectivity index (χ3n) is 2.96. The van der Waals surface area contributed by atoms with Crippen molar-refractivity contribution in [2.45, 2.75) is 6.92 Å². The summed E-state index contributed by atoms with van der Waals surface area (Å²) in [6.45, 7) is 1.95. The number of amides is 2. The third-order valence-corrected chi connectivity index (χ3v) is 2.96. The van der Waals surface area contributed by atoms with Crippen molar-refractivity contribution >= 4 is 23.6 Å². The van der Waals surface area contributed by atoms with Gasteiger partial charge in [0.25, 0.3) is 11.8 Å². The van der Waals surface area contributed by atoms with Crippen LogP contribution in [0.1, 0.15) is 21.5 Å². The first-order valence-electron chi connectivity index (χ1n) is 6.69. The summed E-state index contributed by atoms with van der Waals surface area (Å²) >= 11 is 0. The van der Waals surface area contributed by atoms with Crippen LogP contribution in [-0.2, 0) is 4.79 Å². The Hall–Kier alpha value is -2.92. The zero-order chi connectivity index (χ0) is 15.9. The monoisotopic (exact) mass is 296 g/mol. The number of anilines is 1. The number of carbonyl (C=O) groups is 2. The molecular weight excluding hydrogens is 280 g/mol. The lowest BCUT2D eigenvalue weighted by Crippen LogP contribution is -2.14. The Balaban J connectivity index is 2.13. The quantitative estimate of drug-likeness (QED) is 0.461. The molecule has 0 atom stereocenters. The van der Waals surface area contributed by atoms with Crippen LogP contribution in [-0.4, -0.2) is 17.0 Å². The molecule has 0 saturated heterocycles. The van der Waals surface area contributed by atoms with Crippen LogP contribution in [0.2, 0.25) is 0 Å². The van der Waals surface area contributed by atoms with Crippen LogP contribution in [0.4, 0.5) is 5.69 Å². The Morgan fingerprint density at radius 2 is 1.86 bits per heavy atom. The Bertz CT molecular complexity index is 723. The van der Waals surface area contributed by atoms with Gasteiger partial charge in [-0.15, -0.1) is 0 Å². The molecule has 2 aromatic carbocycles. The number of aryl methyl sites for hydroxylation is 1. The number of carbonyl (C=O) groups excluding carboxylic acids is 2. The first-order chi connectivity index (χ1) is 10.6. The minimum atomic E-state index is -0.630. The number of benzene rings is 2. The van der Waals surface area contributed by atoms with Crippen molar-refractivity contribution < 1.29 is 14.8 Å². The van der Waals surface area contributed by atoms with E-state index in [2.05, 4.69) is 5.32 Å². The van der Waals surface area contributed by atoms with Crippen molar-refractivity contribution in [2.24, 2.45) is 0 Å². The van der Waals surface area contributed by atoms with Crippen LogP contribution in [0.25, 0.3) is 6.08 Å². The molecule has 0 saturated carbocycles. The fraction of sp³-hybridized carbons (Fsp3) is 0.0588. The highest BCUT2D eigenvalue weighted by Crippen LogP contribution is 2.13. The molecule has 112 valence electrons. The van der Waals surface area contributed by atoms with Gasteiger partial charge in [0.05, 0.1) is 0 Å². The zero-order valence-corrected chi connectivity index (χ0v) is 12.0. The average Bonchev–Trinajstić information content (AvgIpc) is 2.53. The fourth-order valence-electron chi connectivity index (χ4n) is 1.92. The molecule has 0 spiro atoms. The van der Waals surface area contributed by atoms with Gasteiger partial charge in [-0.2, -0.15) is 0 Å². The van der Waals surface area contributed by atoms with Crippen molar-refractivity contribution in [2.75, 3.05) is 5.32 Å². The highest BCUT2D eigenvalue weighted by Gasteiger charge is 2.06. The van der Waals surface area contributed by atoms with E-state index < -0.39 is 5.91 Å². The number of hydrogen-bond acceptors (Lipinski definition) is 3. The fourth-order valence-corrected chi connectivity index (χ4v) is 1.92. The van der Waals surface area contributed by atoms with E-state index in [1.54, 1.807) is 24.3 Å². The highest BCUT2D eigenvalue weighted by molar-refractivity contribution is 6.04. The van der Waals surface area contributed by atoms with E-state index in [-0.39, 0.29) is 5.91 Å². The second-order valence-corrected chi connectivity index (χ2v) is 4.76. The lowest BCUT2D eigenvalue weighted by atomic mass is 10.1. The molecule has 0 radical (unpaired) electrons. The predicted octanol–water partition coefficient (Wildman–Crippen LogP) is 2.77. The maximum Gasteiger partial charge on any atom is 0.267 e. The number of nitrogens with one attached hydrogen (secondary N) is 2. The largest absolute Gasteiger partial charge is 0.322 e. The normalized spacial score (nSPS) is 10.5. The smallest absolute Gasteiger partial charge is 0.267 e. The first kappa shape index (κ1) is 15.5. The number of rotatable bonds is 4. The Labute approximate surface area is 128 Å². The predicted molar refractivity (Wildman–Crippen MR) is 84.5 cm³/mol. The molecule has 5 heteroatoms. The minimum absolute atomic E-state index is 0.229. The van der Waals surface area contributed by atoms with Crippen LogP contribution in [0.5, 0.6) is 0 Å². The van der Waals surface area contributed by atoms with Gasteiger partial charge in [-0.1, -0.05) is 24.3 Å². The lowest BCUT2D eigenvalue weighted by Gasteiger charge is -2.06. The third kappa shape index (κ3) is 4.29. The van der Waals surface area contributed by atoms with Crippen LogP contribution < -0.4 is 10.8 Å². The van der Waals surface area contributed by atoms with E-state index in [4.69, 9.17) is 5.21 Å². The van der Waals surface area contributed by atoms with E-state index >= 15 is 0 Å². The van der Waals surface area contributed by atoms with Crippen molar-refractivity contribution in [1.29, 1.82) is 0 Å². The maximum atomic E-state index is 12.2. The van der Waals surface area contributed by atoms with Gasteiger partial charge in [0.15, 0.2) is 0 Å². The van der Waals surface area contributed by atoms with Crippen LogP contribution in [0.3, 0.4) is 0 Å². The molecule has 0 aliphatic rings. The summed E-state index contributed by atoms with van der Waals surface area (Å²) in [5, 5.41) is 11.2. The van der Waals surface area contributed by atoms with Gasteiger partial charge in [-0.05, 0) is 48.4 Å². The van der Waals surface area contributed by atoms with E-state index in [0.717, 1.165) is 11.3 Å². The van der Waals surface area contributed by atoms with Gasteiger partial charge in [-0.25, -0.2) is 5.48 Å². The molecule has 22 heavy (non-hydrogen) atoms. The lowest BCUT2D eigenvalue weighted by molar-refractivity contribution is -0.124. The van der Waals surface area contributed by atoms with E-state index in [1.807, 2.05) is 31.2 Å². The van der Waals surface area contributed by atoms with Crippen LogP contribution in [0.15, 0.2) is 54.6 Å². The van der Waals surface area contributed by atoms with Gasteiger partial charge >= 0.3 is 0 Å². The average molecular weight is 296 g/mol. The number of hydrogen-bond donors (Lipinski definition) is 3. The molecule has 2 aromatic rings. The Kier molecular flexibility index (Phi) is 5.06. The Morgan fingerprint density at radius 1 is 1.09 bits per heavy atom. The topological polar surface area (TPSA) is 78.4 Å². The summed E-state index contributed by atoms with van der Waals surface area (Å²) in [6, 6.07) is 14.4. The summed E-state index contributed by atoms with van der Waals surface area (Å²) in [6.07, 6.45) is 2.69. The molecule has 0 aromatic heterocycles. The first-order valence-corrected chi connectivity index (χ1v) is 6.69. The summed E-state index contributed by atoms with van der Waals surface area (Å²) in [5.74, 6) is -0.859. The van der Waals surface area contributed by atoms with E-state index in [0.29, 0.717) is 11.1 Å². The van der Waals surface area contributed by atoms with Gasteiger partial charge < -0.3 is 5.32 Å². The van der Waals surface area contributed by atoms with Gasteiger partial charge in [0.1, 0.15) is 0 Å². The standard InChI is InChI=1S/C17H16N2O3/c1-12-4-2-7-15(10-12)18-17(21)14-6-3-5-13(11-14)8-9-16(20)19-22/h2-11,22H,1H3,(H,18,21)(H,19,20)/b9-8+. The van der Waals surface area contributed by atoms with E-state index in [9.17, 15) is 9.59 Å². The molecule has 0 bridgehead atoms. The molecule has 5 nitrogen and oxygen atoms in total. The van der Waals surface area contributed by atoms with Gasteiger partial charge in [-0.3, -0.25) is 14.8 Å². The molecule has 3 N–H and O–H groups in total. The van der Waals surface area contributed by atoms with Gasteiger partial charge in [0, 0.05) is 17.3 Å². The minimum Gasteiger partial charge on any atom is -0.322 e. The van der Waals surface area contributed by atoms with Crippen molar-refractivity contribution in [1.82, 2.24) is 5.48 Å². The molecular formula is C17H16N2O3. The van der Waals surface area contributed by atoms with Crippen LogP contribution in [0, 0.1) is 6.92 Å². The summed E-state index contributed by atoms with van der Waals surface area (Å²) in [7, 11) is 0. The van der Waals surface area contributed by atoms with Gasteiger partial charge in [0.2, 0.25) is 0 Å². The molecule has 0 aliphatic carbocycles. The SMILES string of the molecule is Cc1cccc(NC(=O)c2cccc(/C=C/C(=O)NO)c2)c1. The second-order valence-electron chi connectivity index (χ2n) is 4.76. The molecule has 0 heterocycles. The maximum absolute atomic E-state index is 12.2. The summed E-state index contributed by atoms with van der Waals surface area (Å²) in [4.78, 5) is 23.2. The Morgan fingerprint density at radius 3 is 2.59 bits per heavy atom. The molecule has 2 rings (SSSR count).